The summed E-state index contributed by atoms with van der Waals surface area (Å²) < 4.78 is 11.0. The van der Waals surface area contributed by atoms with Gasteiger partial charge in [-0.15, -0.1) is 0 Å². The molecule has 0 atom stereocenters. The van der Waals surface area contributed by atoms with E-state index in [1.54, 1.807) is 0 Å². The highest BCUT2D eigenvalue weighted by molar-refractivity contribution is 5.40. The highest BCUT2D eigenvalue weighted by atomic mass is 16.5. The Kier molecular flexibility index (Phi) is 3.74. The van der Waals surface area contributed by atoms with Gasteiger partial charge >= 0.3 is 0 Å². The van der Waals surface area contributed by atoms with Crippen molar-refractivity contribution >= 4 is 0 Å². The Hall–Kier alpha value is -1.81. The molecule has 106 valence electrons. The summed E-state index contributed by atoms with van der Waals surface area (Å²) in [4.78, 5) is 0. The van der Waals surface area contributed by atoms with Crippen LogP contribution in [0.2, 0.25) is 0 Å². The molecule has 1 fully saturated rings. The lowest BCUT2D eigenvalue weighted by Gasteiger charge is -2.13. The predicted molar refractivity (Wildman–Crippen MR) is 76.6 cm³/mol. The number of hydrogen-bond donors (Lipinski definition) is 1. The molecule has 0 saturated heterocycles. The van der Waals surface area contributed by atoms with E-state index in [2.05, 4.69) is 35.6 Å². The summed E-state index contributed by atoms with van der Waals surface area (Å²) in [6.45, 7) is 5.26. The second-order valence-electron chi connectivity index (χ2n) is 5.44. The number of rotatable bonds is 6. The molecular weight excluding hydrogens is 252 g/mol. The molecule has 3 rings (SSSR count). The molecule has 4 nitrogen and oxygen atoms in total. The first-order valence-corrected chi connectivity index (χ1v) is 7.09. The highest BCUT2D eigenvalue weighted by Crippen LogP contribution is 2.26. The van der Waals surface area contributed by atoms with E-state index >= 15 is 0 Å². The van der Waals surface area contributed by atoms with E-state index < -0.39 is 0 Å². The molecule has 1 saturated carbocycles. The van der Waals surface area contributed by atoms with E-state index in [-0.39, 0.29) is 0 Å². The number of benzene rings is 1. The zero-order valence-corrected chi connectivity index (χ0v) is 12.0. The number of nitrogens with one attached hydrogen (secondary N) is 1. The van der Waals surface area contributed by atoms with E-state index in [0.29, 0.717) is 12.6 Å². The van der Waals surface area contributed by atoms with Crippen molar-refractivity contribution in [2.75, 3.05) is 0 Å². The SMILES string of the molecule is Cc1cc(COc2c(C)cccc2CNC2CC2)no1. The topological polar surface area (TPSA) is 47.3 Å². The van der Waals surface area contributed by atoms with Gasteiger partial charge in [-0.05, 0) is 32.3 Å². The molecule has 1 aromatic heterocycles. The maximum atomic E-state index is 5.96. The first kappa shape index (κ1) is 13.2. The minimum absolute atomic E-state index is 0.443. The number of ether oxygens (including phenoxy) is 1. The average molecular weight is 272 g/mol. The highest BCUT2D eigenvalue weighted by Gasteiger charge is 2.20. The van der Waals surface area contributed by atoms with Crippen molar-refractivity contribution in [1.29, 1.82) is 0 Å². The van der Waals surface area contributed by atoms with Crippen LogP contribution >= 0.6 is 0 Å². The van der Waals surface area contributed by atoms with Crippen LogP contribution in [0.4, 0.5) is 0 Å². The molecule has 2 aromatic rings. The van der Waals surface area contributed by atoms with Crippen LogP contribution in [0.5, 0.6) is 5.75 Å². The van der Waals surface area contributed by atoms with Gasteiger partial charge in [0.2, 0.25) is 0 Å². The van der Waals surface area contributed by atoms with Gasteiger partial charge in [0.1, 0.15) is 23.8 Å². The van der Waals surface area contributed by atoms with E-state index in [0.717, 1.165) is 29.3 Å². The van der Waals surface area contributed by atoms with Gasteiger partial charge in [-0.1, -0.05) is 23.4 Å². The molecule has 1 aliphatic rings. The van der Waals surface area contributed by atoms with Gasteiger partial charge in [0.25, 0.3) is 0 Å². The Labute approximate surface area is 119 Å². The predicted octanol–water partition coefficient (Wildman–Crippen LogP) is 3.12. The Morgan fingerprint density at radius 2 is 2.20 bits per heavy atom. The van der Waals surface area contributed by atoms with Gasteiger partial charge in [-0.25, -0.2) is 0 Å². The van der Waals surface area contributed by atoms with Crippen LogP contribution in [-0.2, 0) is 13.2 Å². The summed E-state index contributed by atoms with van der Waals surface area (Å²) in [5.41, 5.74) is 3.18. The van der Waals surface area contributed by atoms with Gasteiger partial charge in [0.05, 0.1) is 0 Å². The standard InChI is InChI=1S/C16H20N2O2/c1-11-4-3-5-13(9-17-14-6-7-14)16(11)19-10-15-8-12(2)20-18-15/h3-5,8,14,17H,6-7,9-10H2,1-2H3. The van der Waals surface area contributed by atoms with E-state index in [1.165, 1.54) is 18.4 Å². The number of aryl methyl sites for hydroxylation is 2. The van der Waals surface area contributed by atoms with Crippen LogP contribution < -0.4 is 10.1 Å². The molecule has 4 heteroatoms. The number of aromatic nitrogens is 1. The quantitative estimate of drug-likeness (QED) is 0.877. The monoisotopic (exact) mass is 272 g/mol. The van der Waals surface area contributed by atoms with Gasteiger partial charge in [-0.3, -0.25) is 0 Å². The Bertz CT molecular complexity index is 588. The number of para-hydroxylation sites is 1. The molecule has 0 spiro atoms. The lowest BCUT2D eigenvalue weighted by Crippen LogP contribution is -2.16. The molecule has 1 aliphatic carbocycles. The third-order valence-electron chi connectivity index (χ3n) is 3.49. The molecule has 0 bridgehead atoms. The van der Waals surface area contributed by atoms with Gasteiger partial charge in [0.15, 0.2) is 0 Å². The summed E-state index contributed by atoms with van der Waals surface area (Å²) in [5.74, 6) is 1.77. The van der Waals surface area contributed by atoms with Gasteiger partial charge in [-0.2, -0.15) is 0 Å². The Morgan fingerprint density at radius 1 is 1.35 bits per heavy atom. The zero-order chi connectivity index (χ0) is 13.9. The summed E-state index contributed by atoms with van der Waals surface area (Å²) in [6, 6.07) is 8.87. The summed E-state index contributed by atoms with van der Waals surface area (Å²) in [7, 11) is 0. The van der Waals surface area contributed by atoms with Crippen molar-refractivity contribution in [2.24, 2.45) is 0 Å². The van der Waals surface area contributed by atoms with Crippen molar-refractivity contribution in [2.45, 2.75) is 45.9 Å². The van der Waals surface area contributed by atoms with Crippen LogP contribution in [-0.4, -0.2) is 11.2 Å². The second kappa shape index (κ2) is 5.67. The second-order valence-corrected chi connectivity index (χ2v) is 5.44. The molecule has 0 radical (unpaired) electrons. The molecule has 0 aliphatic heterocycles. The van der Waals surface area contributed by atoms with Crippen molar-refractivity contribution < 1.29 is 9.26 Å². The van der Waals surface area contributed by atoms with E-state index in [4.69, 9.17) is 9.26 Å². The lowest BCUT2D eigenvalue weighted by atomic mass is 10.1. The van der Waals surface area contributed by atoms with Crippen molar-refractivity contribution in [3.05, 3.63) is 46.8 Å². The third kappa shape index (κ3) is 3.20. The Balaban J connectivity index is 1.69. The zero-order valence-electron chi connectivity index (χ0n) is 12.0. The summed E-state index contributed by atoms with van der Waals surface area (Å²) >= 11 is 0. The fraction of sp³-hybridized carbons (Fsp3) is 0.438. The van der Waals surface area contributed by atoms with Crippen LogP contribution in [0.3, 0.4) is 0 Å². The maximum Gasteiger partial charge on any atom is 0.134 e. The normalized spacial score (nSPS) is 14.5. The molecule has 0 unspecified atom stereocenters. The van der Waals surface area contributed by atoms with Crippen LogP contribution in [0, 0.1) is 13.8 Å². The maximum absolute atomic E-state index is 5.96. The minimum atomic E-state index is 0.443. The first-order valence-electron chi connectivity index (χ1n) is 7.09. The Morgan fingerprint density at radius 3 is 2.90 bits per heavy atom. The third-order valence-corrected chi connectivity index (χ3v) is 3.49. The molecule has 1 heterocycles. The smallest absolute Gasteiger partial charge is 0.134 e. The van der Waals surface area contributed by atoms with Gasteiger partial charge in [0, 0.05) is 24.2 Å². The average Bonchev–Trinajstić information content (AvgIpc) is 3.17. The van der Waals surface area contributed by atoms with Crippen molar-refractivity contribution in [3.8, 4) is 5.75 Å². The molecule has 0 amide bonds. The number of nitrogens with zero attached hydrogens (tertiary/aromatic N) is 1. The molecular formula is C16H20N2O2. The fourth-order valence-electron chi connectivity index (χ4n) is 2.23. The fourth-order valence-corrected chi connectivity index (χ4v) is 2.23. The lowest BCUT2D eigenvalue weighted by molar-refractivity contribution is 0.283. The van der Waals surface area contributed by atoms with E-state index in [9.17, 15) is 0 Å². The van der Waals surface area contributed by atoms with Gasteiger partial charge < -0.3 is 14.6 Å². The van der Waals surface area contributed by atoms with Crippen LogP contribution in [0.25, 0.3) is 0 Å². The van der Waals surface area contributed by atoms with Crippen LogP contribution in [0.1, 0.15) is 35.4 Å². The minimum Gasteiger partial charge on any atom is -0.487 e. The van der Waals surface area contributed by atoms with Crippen molar-refractivity contribution in [1.82, 2.24) is 10.5 Å². The summed E-state index contributed by atoms with van der Waals surface area (Å²) in [5, 5.41) is 7.49. The van der Waals surface area contributed by atoms with Crippen molar-refractivity contribution in [3.63, 3.8) is 0 Å². The number of hydrogen-bond acceptors (Lipinski definition) is 4. The molecule has 1 aromatic carbocycles. The van der Waals surface area contributed by atoms with E-state index in [1.807, 2.05) is 13.0 Å². The first-order chi connectivity index (χ1) is 9.72. The largest absolute Gasteiger partial charge is 0.487 e. The molecule has 1 N–H and O–H groups in total. The van der Waals surface area contributed by atoms with Crippen LogP contribution in [0.15, 0.2) is 28.8 Å². The molecule has 20 heavy (non-hydrogen) atoms. The summed E-state index contributed by atoms with van der Waals surface area (Å²) in [6.07, 6.45) is 2.58.